The Balaban J connectivity index is 0.000000210. The Morgan fingerprint density at radius 1 is 0.511 bits per heavy atom. The summed E-state index contributed by atoms with van der Waals surface area (Å²) in [7, 11) is 3.60. The topological polar surface area (TPSA) is 134 Å². The van der Waals surface area contributed by atoms with Gasteiger partial charge in [0.2, 0.25) is 21.1 Å². The number of aromatic nitrogens is 8. The number of halogens is 14. The average molecular weight is 1570 g/mol. The van der Waals surface area contributed by atoms with Gasteiger partial charge in [-0.15, -0.1) is 19.7 Å². The Labute approximate surface area is 583 Å². The molecule has 12 nitrogen and oxygen atoms in total. The fourth-order valence-electron chi connectivity index (χ4n) is 8.83. The van der Waals surface area contributed by atoms with Gasteiger partial charge < -0.3 is 20.4 Å². The third-order valence-corrected chi connectivity index (χ3v) is 17.7. The van der Waals surface area contributed by atoms with Crippen molar-refractivity contribution < 1.29 is 17.6 Å². The Bertz CT molecular complexity index is 3710. The number of allylic oxidation sites excluding steroid dienone is 1. The van der Waals surface area contributed by atoms with Gasteiger partial charge in [0.25, 0.3) is 0 Å². The summed E-state index contributed by atoms with van der Waals surface area (Å²) in [5.74, 6) is 1.65. The van der Waals surface area contributed by atoms with Gasteiger partial charge in [-0.2, -0.15) is 15.0 Å². The normalized spacial score (nSPS) is 12.6. The number of nitrogens with zero attached hydrogens (tertiary/aromatic N) is 10. The Hall–Kier alpha value is -5.19. The molecule has 1 aliphatic rings. The molecule has 1 unspecified atom stereocenters. The van der Waals surface area contributed by atoms with Gasteiger partial charge in [0.1, 0.15) is 54.8 Å². The summed E-state index contributed by atoms with van der Waals surface area (Å²) < 4.78 is 53.8. The van der Waals surface area contributed by atoms with Gasteiger partial charge in [-0.1, -0.05) is 89.6 Å². The van der Waals surface area contributed by atoms with E-state index in [1.54, 1.807) is 31.3 Å². The van der Waals surface area contributed by atoms with E-state index in [2.05, 4.69) is 132 Å². The monoisotopic (exact) mass is 1560 g/mol. The zero-order chi connectivity index (χ0) is 66.6. The molecule has 9 rings (SSSR count). The van der Waals surface area contributed by atoms with Gasteiger partial charge in [0.15, 0.2) is 11.6 Å². The van der Waals surface area contributed by atoms with Crippen molar-refractivity contribution in [3.05, 3.63) is 229 Å². The zero-order valence-corrected chi connectivity index (χ0v) is 60.1. The molecule has 478 valence electrons. The molecule has 0 amide bonds. The number of hydrogen-bond acceptors (Lipinski definition) is 12. The van der Waals surface area contributed by atoms with Gasteiger partial charge in [-0.3, -0.25) is 0 Å². The van der Waals surface area contributed by atoms with E-state index in [9.17, 15) is 17.6 Å². The Morgan fingerprint density at radius 3 is 1.33 bits per heavy atom. The molecule has 0 fully saturated rings. The van der Waals surface area contributed by atoms with Crippen molar-refractivity contribution in [1.82, 2.24) is 39.9 Å². The Morgan fingerprint density at radius 2 is 0.889 bits per heavy atom. The number of benzene rings is 4. The molecule has 0 saturated carbocycles. The summed E-state index contributed by atoms with van der Waals surface area (Å²) in [6.45, 7) is 23.2. The smallest absolute Gasteiger partial charge is 0.226 e. The van der Waals surface area contributed by atoms with Crippen molar-refractivity contribution in [1.29, 1.82) is 0 Å². The van der Waals surface area contributed by atoms with Crippen LogP contribution in [0.25, 0.3) is 0 Å². The van der Waals surface area contributed by atoms with Gasteiger partial charge in [0.05, 0.1) is 14.6 Å². The van der Waals surface area contributed by atoms with E-state index in [0.717, 1.165) is 90.1 Å². The highest BCUT2D eigenvalue weighted by atomic mass is 79.9. The molecule has 0 spiro atoms. The quantitative estimate of drug-likeness (QED) is 0.0389. The van der Waals surface area contributed by atoms with Crippen LogP contribution in [0.2, 0.25) is 36.6 Å². The van der Waals surface area contributed by atoms with Crippen LogP contribution in [0.3, 0.4) is 0 Å². The van der Waals surface area contributed by atoms with E-state index < -0.39 is 0 Å². The summed E-state index contributed by atoms with van der Waals surface area (Å²) in [5, 5.41) is 7.22. The fraction of sp³-hybridized carbons (Fsp3) is 0.281. The van der Waals surface area contributed by atoms with Gasteiger partial charge in [0, 0.05) is 50.0 Å². The van der Waals surface area contributed by atoms with Crippen LogP contribution in [0, 0.1) is 23.3 Å². The number of nitrogens with one attached hydrogen (secondary N) is 2. The lowest BCUT2D eigenvalue weighted by Crippen LogP contribution is -2.29. The van der Waals surface area contributed by atoms with Crippen molar-refractivity contribution in [2.45, 2.75) is 90.9 Å². The van der Waals surface area contributed by atoms with E-state index >= 15 is 0 Å². The molecule has 1 aliphatic carbocycles. The molecular formula is C64H64Br3Cl7F4N12. The summed E-state index contributed by atoms with van der Waals surface area (Å²) in [5.41, 5.74) is 9.16. The molecule has 26 heteroatoms. The number of fused-ring (bicyclic) bond motifs is 1. The number of anilines is 6. The third kappa shape index (κ3) is 23.1. The summed E-state index contributed by atoms with van der Waals surface area (Å²) >= 11 is 50.6. The van der Waals surface area contributed by atoms with Crippen molar-refractivity contribution >= 4 is 164 Å². The van der Waals surface area contributed by atoms with Crippen LogP contribution >= 0.6 is 129 Å². The summed E-state index contributed by atoms with van der Waals surface area (Å²) in [6, 6.07) is 25.7. The second-order valence-electron chi connectivity index (χ2n) is 21.0. The molecule has 4 heterocycles. The first-order valence-corrected chi connectivity index (χ1v) is 32.6. The largest absolute Gasteiger partial charge is 0.373 e. The second-order valence-corrected chi connectivity index (χ2v) is 25.8. The highest BCUT2D eigenvalue weighted by Gasteiger charge is 2.38. The van der Waals surface area contributed by atoms with E-state index in [4.69, 9.17) is 81.2 Å². The minimum absolute atomic E-state index is 0.0191. The number of rotatable bonds is 17. The lowest BCUT2D eigenvalue weighted by molar-refractivity contribution is 0.404. The van der Waals surface area contributed by atoms with Crippen LogP contribution in [-0.2, 0) is 11.8 Å². The van der Waals surface area contributed by atoms with Crippen LogP contribution in [0.4, 0.5) is 52.2 Å². The molecule has 0 aliphatic heterocycles. The molecule has 4 aromatic carbocycles. The Kier molecular flexibility index (Phi) is 30.5. The minimum Gasteiger partial charge on any atom is -0.373 e. The SMILES string of the molecule is C=C(C)CCCc1ccc(F)cc1.C=C(C)CCN(c1ccc(F)cc1)c1nc(Cl)nc(Cl)c1Br.C=C(C)CCN(c1ccc(F)cc1)c1nc(Cl)nc(NC)c1Br.CNc1nc(Cl)nc2c1C(C)(C)CCC2c1ccc(F)cc1.Clc1nc(Cl)c(Br)c(Cl)n1. The first-order valence-electron chi connectivity index (χ1n) is 27.6. The molecule has 2 N–H and O–H groups in total. The fourth-order valence-corrected chi connectivity index (χ4v) is 11.3. The predicted octanol–water partition coefficient (Wildman–Crippen LogP) is 22.4. The predicted molar refractivity (Wildman–Crippen MR) is 376 cm³/mol. The summed E-state index contributed by atoms with van der Waals surface area (Å²) in [4.78, 5) is 36.5. The van der Waals surface area contributed by atoms with Gasteiger partial charge in [-0.05, 0) is 249 Å². The van der Waals surface area contributed by atoms with Crippen molar-refractivity contribution in [3.8, 4) is 0 Å². The summed E-state index contributed by atoms with van der Waals surface area (Å²) in [6.07, 6.45) is 6.64. The number of hydrogen-bond donors (Lipinski definition) is 2. The molecule has 8 aromatic rings. The standard InChI is InChI=1S/C17H19ClFN3.C16H17BrClFN4.C15H13BrCl2FN3.C12H15F.C4BrCl3N2/c1-17(2)9-8-12(10-4-6-11(19)7-5-10)14-13(17)15(20-3)22-16(18)21-14;1-10(2)8-9-23(12-6-4-11(19)5-7-12)15-13(17)14(20-3)21-16(18)22-15;1-9(2)7-8-22(11-5-3-10(19)4-6-11)14-12(16)13(17)20-15(18)21-14;1-10(2)4-3-5-11-6-8-12(13)9-7-11;5-1-2(6)9-4(8)10-3(1)7/h4-7,12H,8-9H2,1-3H3,(H,20,21,22);4-7H,1,8-9H2,2-3H3,(H,20,21,22);3-6H,1,7-8H2,2H3;6-9H,1,3-5H2,2H3;. The molecule has 90 heavy (non-hydrogen) atoms. The third-order valence-electron chi connectivity index (χ3n) is 13.3. The van der Waals surface area contributed by atoms with Crippen molar-refractivity contribution in [2.75, 3.05) is 47.6 Å². The maximum atomic E-state index is 13.2. The van der Waals surface area contributed by atoms with Crippen LogP contribution in [0.5, 0.6) is 0 Å². The maximum absolute atomic E-state index is 13.2. The molecule has 0 saturated heterocycles. The highest BCUT2D eigenvalue weighted by Crippen LogP contribution is 2.47. The van der Waals surface area contributed by atoms with Gasteiger partial charge >= 0.3 is 0 Å². The molecule has 0 radical (unpaired) electrons. The zero-order valence-electron chi connectivity index (χ0n) is 50.1. The molecule has 0 bridgehead atoms. The molecular weight excluding hydrogens is 1500 g/mol. The van der Waals surface area contributed by atoms with E-state index in [-0.39, 0.29) is 71.2 Å². The maximum Gasteiger partial charge on any atom is 0.226 e. The van der Waals surface area contributed by atoms with E-state index in [1.165, 1.54) is 59.7 Å². The van der Waals surface area contributed by atoms with Crippen molar-refractivity contribution in [3.63, 3.8) is 0 Å². The molecule has 4 aromatic heterocycles. The lowest BCUT2D eigenvalue weighted by Gasteiger charge is -2.37. The first-order chi connectivity index (χ1) is 42.5. The second kappa shape index (κ2) is 36.3. The van der Waals surface area contributed by atoms with Crippen LogP contribution < -0.4 is 20.4 Å². The average Bonchev–Trinajstić information content (AvgIpc) is 0.764. The van der Waals surface area contributed by atoms with E-state index in [0.29, 0.717) is 44.0 Å². The highest BCUT2D eigenvalue weighted by molar-refractivity contribution is 9.11. The van der Waals surface area contributed by atoms with Crippen LogP contribution in [-0.4, -0.2) is 67.1 Å². The van der Waals surface area contributed by atoms with Gasteiger partial charge in [-0.25, -0.2) is 42.5 Å². The van der Waals surface area contributed by atoms with Crippen LogP contribution in [0.1, 0.15) is 101 Å². The minimum atomic E-state index is -0.304. The molecule has 1 atom stereocenters. The van der Waals surface area contributed by atoms with E-state index in [1.807, 2.05) is 61.9 Å². The van der Waals surface area contributed by atoms with Crippen LogP contribution in [0.15, 0.2) is 147 Å². The number of aryl methyl sites for hydroxylation is 1. The lowest BCUT2D eigenvalue weighted by atomic mass is 9.69. The first kappa shape index (κ1) is 75.5. The van der Waals surface area contributed by atoms with Crippen molar-refractivity contribution in [2.24, 2.45) is 0 Å².